The Morgan fingerprint density at radius 1 is 1.12 bits per heavy atom. The maximum atomic E-state index is 12.6. The first kappa shape index (κ1) is 21.3. The lowest BCUT2D eigenvalue weighted by molar-refractivity contribution is -0.144. The standard InChI is InChI=1S/C24H23N3O5/c1-16-6-8-17(9-7-16)10-11-20(28)25-12-13-31-21(29)14-27-15-26-22-18-4-2-3-5-19(18)32-23(22)24(27)30/h2-9,15H,10-14H2,1H3,(H,25,28). The lowest BCUT2D eigenvalue weighted by atomic mass is 10.1. The number of fused-ring (bicyclic) bond motifs is 3. The van der Waals surface area contributed by atoms with Gasteiger partial charge in [-0.1, -0.05) is 42.0 Å². The summed E-state index contributed by atoms with van der Waals surface area (Å²) in [7, 11) is 0. The van der Waals surface area contributed by atoms with Crippen molar-refractivity contribution in [3.8, 4) is 0 Å². The summed E-state index contributed by atoms with van der Waals surface area (Å²) < 4.78 is 11.9. The highest BCUT2D eigenvalue weighted by molar-refractivity contribution is 6.01. The van der Waals surface area contributed by atoms with Crippen molar-refractivity contribution in [2.75, 3.05) is 13.2 Å². The van der Waals surface area contributed by atoms with Crippen LogP contribution >= 0.6 is 0 Å². The van der Waals surface area contributed by atoms with E-state index in [1.165, 1.54) is 11.9 Å². The second-order valence-corrected chi connectivity index (χ2v) is 7.51. The van der Waals surface area contributed by atoms with Gasteiger partial charge in [0, 0.05) is 11.8 Å². The highest BCUT2D eigenvalue weighted by Gasteiger charge is 2.15. The van der Waals surface area contributed by atoms with Gasteiger partial charge in [-0.25, -0.2) is 4.98 Å². The van der Waals surface area contributed by atoms with Crippen molar-refractivity contribution in [2.45, 2.75) is 26.3 Å². The minimum Gasteiger partial charge on any atom is -0.462 e. The van der Waals surface area contributed by atoms with Gasteiger partial charge in [-0.05, 0) is 31.0 Å². The number of furan rings is 1. The Labute approximate surface area is 183 Å². The number of ether oxygens (including phenoxy) is 1. The average molecular weight is 433 g/mol. The molecule has 0 saturated carbocycles. The number of para-hydroxylation sites is 1. The second kappa shape index (κ2) is 9.47. The Kier molecular flexibility index (Phi) is 6.30. The van der Waals surface area contributed by atoms with Crippen LogP contribution in [0.15, 0.2) is 64.1 Å². The zero-order chi connectivity index (χ0) is 22.5. The third-order valence-electron chi connectivity index (χ3n) is 5.10. The van der Waals surface area contributed by atoms with Crippen molar-refractivity contribution < 1.29 is 18.7 Å². The van der Waals surface area contributed by atoms with Gasteiger partial charge in [-0.3, -0.25) is 19.0 Å². The molecule has 4 aromatic rings. The Bertz CT molecular complexity index is 1320. The number of hydrogen-bond acceptors (Lipinski definition) is 6. The van der Waals surface area contributed by atoms with E-state index in [4.69, 9.17) is 9.15 Å². The number of amides is 1. The molecule has 0 aliphatic heterocycles. The summed E-state index contributed by atoms with van der Waals surface area (Å²) in [6.07, 6.45) is 2.31. The quantitative estimate of drug-likeness (QED) is 0.339. The van der Waals surface area contributed by atoms with Crippen molar-refractivity contribution in [3.63, 3.8) is 0 Å². The molecule has 1 amide bonds. The molecule has 0 fully saturated rings. The van der Waals surface area contributed by atoms with Gasteiger partial charge in [-0.15, -0.1) is 0 Å². The molecule has 8 nitrogen and oxygen atoms in total. The van der Waals surface area contributed by atoms with Gasteiger partial charge in [0.05, 0.1) is 12.9 Å². The van der Waals surface area contributed by atoms with E-state index < -0.39 is 11.5 Å². The monoisotopic (exact) mass is 433 g/mol. The number of aryl methyl sites for hydroxylation is 2. The molecule has 8 heteroatoms. The van der Waals surface area contributed by atoms with E-state index in [1.807, 2.05) is 49.4 Å². The van der Waals surface area contributed by atoms with E-state index in [1.54, 1.807) is 6.07 Å². The zero-order valence-corrected chi connectivity index (χ0v) is 17.7. The van der Waals surface area contributed by atoms with E-state index in [0.717, 1.165) is 15.5 Å². The van der Waals surface area contributed by atoms with Crippen LogP contribution in [0.2, 0.25) is 0 Å². The van der Waals surface area contributed by atoms with Gasteiger partial charge in [0.2, 0.25) is 11.5 Å². The molecule has 2 aromatic carbocycles. The summed E-state index contributed by atoms with van der Waals surface area (Å²) in [5.74, 6) is -0.712. The molecule has 0 aliphatic rings. The third kappa shape index (κ3) is 4.85. The largest absolute Gasteiger partial charge is 0.462 e. The van der Waals surface area contributed by atoms with E-state index in [2.05, 4.69) is 10.3 Å². The average Bonchev–Trinajstić information content (AvgIpc) is 3.18. The molecule has 2 aromatic heterocycles. The van der Waals surface area contributed by atoms with Crippen molar-refractivity contribution in [2.24, 2.45) is 0 Å². The number of rotatable bonds is 8. The minimum absolute atomic E-state index is 0.0180. The van der Waals surface area contributed by atoms with Crippen LogP contribution in [0.3, 0.4) is 0 Å². The number of carbonyl (C=O) groups is 2. The number of benzene rings is 2. The molecular formula is C24H23N3O5. The maximum Gasteiger partial charge on any atom is 0.326 e. The lowest BCUT2D eigenvalue weighted by Gasteiger charge is -2.08. The van der Waals surface area contributed by atoms with Gasteiger partial charge < -0.3 is 14.5 Å². The topological polar surface area (TPSA) is 103 Å². The number of nitrogens with zero attached hydrogens (tertiary/aromatic N) is 2. The Hall–Kier alpha value is -3.94. The van der Waals surface area contributed by atoms with Gasteiger partial charge in [0.25, 0.3) is 5.56 Å². The Morgan fingerprint density at radius 3 is 2.72 bits per heavy atom. The van der Waals surface area contributed by atoms with E-state index in [9.17, 15) is 14.4 Å². The fourth-order valence-electron chi connectivity index (χ4n) is 3.37. The third-order valence-corrected chi connectivity index (χ3v) is 5.10. The zero-order valence-electron chi connectivity index (χ0n) is 17.7. The summed E-state index contributed by atoms with van der Waals surface area (Å²) in [6, 6.07) is 15.3. The first-order valence-electron chi connectivity index (χ1n) is 10.4. The molecule has 0 spiro atoms. The molecule has 0 unspecified atom stereocenters. The summed E-state index contributed by atoms with van der Waals surface area (Å²) in [6.45, 7) is 1.94. The normalized spacial score (nSPS) is 11.0. The number of hydrogen-bond donors (Lipinski definition) is 1. The Balaban J connectivity index is 1.24. The van der Waals surface area contributed by atoms with Crippen LogP contribution in [-0.4, -0.2) is 34.6 Å². The molecular weight excluding hydrogens is 410 g/mol. The first-order chi connectivity index (χ1) is 15.5. The number of aromatic nitrogens is 2. The van der Waals surface area contributed by atoms with Crippen molar-refractivity contribution in [3.05, 3.63) is 76.3 Å². The highest BCUT2D eigenvalue weighted by Crippen LogP contribution is 2.23. The minimum atomic E-state index is -0.599. The predicted molar refractivity (Wildman–Crippen MR) is 119 cm³/mol. The summed E-state index contributed by atoms with van der Waals surface area (Å²) in [5, 5.41) is 3.46. The fraction of sp³-hybridized carbons (Fsp3) is 0.250. The SMILES string of the molecule is Cc1ccc(CCC(=O)NCCOC(=O)Cn2cnc3c(oc4ccccc43)c2=O)cc1. The van der Waals surface area contributed by atoms with Crippen molar-refractivity contribution in [1.82, 2.24) is 14.9 Å². The van der Waals surface area contributed by atoms with Gasteiger partial charge in [0.1, 0.15) is 24.3 Å². The summed E-state index contributed by atoms with van der Waals surface area (Å²) in [5.41, 5.74) is 2.94. The van der Waals surface area contributed by atoms with Crippen LogP contribution in [0.1, 0.15) is 17.5 Å². The number of esters is 1. The molecule has 0 bridgehead atoms. The number of nitrogens with one attached hydrogen (secondary N) is 1. The number of carbonyl (C=O) groups excluding carboxylic acids is 2. The van der Waals surface area contributed by atoms with Crippen LogP contribution in [0.25, 0.3) is 22.1 Å². The molecule has 32 heavy (non-hydrogen) atoms. The van der Waals surface area contributed by atoms with Gasteiger partial charge in [-0.2, -0.15) is 0 Å². The van der Waals surface area contributed by atoms with E-state index >= 15 is 0 Å². The smallest absolute Gasteiger partial charge is 0.326 e. The van der Waals surface area contributed by atoms with Crippen LogP contribution in [0, 0.1) is 6.92 Å². The molecule has 4 rings (SSSR count). The molecule has 0 radical (unpaired) electrons. The van der Waals surface area contributed by atoms with Gasteiger partial charge >= 0.3 is 5.97 Å². The van der Waals surface area contributed by atoms with Gasteiger partial charge in [0.15, 0.2) is 0 Å². The molecule has 2 heterocycles. The van der Waals surface area contributed by atoms with Crippen LogP contribution in [0.4, 0.5) is 0 Å². The fourth-order valence-corrected chi connectivity index (χ4v) is 3.37. The molecule has 0 atom stereocenters. The lowest BCUT2D eigenvalue weighted by Crippen LogP contribution is -2.30. The molecule has 1 N–H and O–H groups in total. The van der Waals surface area contributed by atoms with Crippen LogP contribution in [-0.2, 0) is 27.3 Å². The maximum absolute atomic E-state index is 12.6. The van der Waals surface area contributed by atoms with E-state index in [-0.39, 0.29) is 31.2 Å². The van der Waals surface area contributed by atoms with Crippen molar-refractivity contribution in [1.29, 1.82) is 0 Å². The van der Waals surface area contributed by atoms with Crippen molar-refractivity contribution >= 4 is 33.9 Å². The summed E-state index contributed by atoms with van der Waals surface area (Å²) in [4.78, 5) is 40.9. The second-order valence-electron chi connectivity index (χ2n) is 7.51. The summed E-state index contributed by atoms with van der Waals surface area (Å²) >= 11 is 0. The molecule has 0 aliphatic carbocycles. The first-order valence-corrected chi connectivity index (χ1v) is 10.4. The molecule has 0 saturated heterocycles. The Morgan fingerprint density at radius 2 is 1.91 bits per heavy atom. The molecule has 164 valence electrons. The highest BCUT2D eigenvalue weighted by atomic mass is 16.5. The predicted octanol–water partition coefficient (Wildman–Crippen LogP) is 2.74. The van der Waals surface area contributed by atoms with Crippen LogP contribution in [0.5, 0.6) is 0 Å². The van der Waals surface area contributed by atoms with Crippen LogP contribution < -0.4 is 10.9 Å². The van der Waals surface area contributed by atoms with E-state index in [0.29, 0.717) is 23.9 Å².